The largest absolute Gasteiger partial charge is 1.00 e. The fourth-order valence-corrected chi connectivity index (χ4v) is 1.11. The Morgan fingerprint density at radius 3 is 2.58 bits per heavy atom. The van der Waals surface area contributed by atoms with Gasteiger partial charge in [-0.1, -0.05) is 0 Å². The minimum absolute atomic E-state index is 0. The molecule has 0 radical (unpaired) electrons. The number of phosphoric acid groups is 1. The van der Waals surface area contributed by atoms with Crippen molar-refractivity contribution in [2.45, 2.75) is 6.29 Å². The number of hydrogen-bond acceptors (Lipinski definition) is 4. The van der Waals surface area contributed by atoms with Gasteiger partial charge in [0.1, 0.15) is 0 Å². The van der Waals surface area contributed by atoms with Gasteiger partial charge in [0.25, 0.3) is 0 Å². The van der Waals surface area contributed by atoms with E-state index in [1.54, 1.807) is 0 Å². The molecule has 6 nitrogen and oxygen atoms in total. The molecule has 2 N–H and O–H groups in total. The maximum atomic E-state index is 10.2. The molecule has 1 atom stereocenters. The number of rotatable bonds is 2. The molecule has 0 aromatic carbocycles. The summed E-state index contributed by atoms with van der Waals surface area (Å²) >= 11 is 0. The summed E-state index contributed by atoms with van der Waals surface area (Å²) in [7, 11) is -4.44. The standard InChI is InChI=1S/C4H9O6P.K.H/c5-11(6,7)10-4-3-8-1-2-9-4;;/h4H,1-3H2,(H2,5,6,7);;/q;+1;-1. The van der Waals surface area contributed by atoms with E-state index in [1.807, 2.05) is 0 Å². The summed E-state index contributed by atoms with van der Waals surface area (Å²) in [4.78, 5) is 16.6. The molecular weight excluding hydrogens is 214 g/mol. The Morgan fingerprint density at radius 1 is 1.50 bits per heavy atom. The molecule has 0 bridgehead atoms. The summed E-state index contributed by atoms with van der Waals surface area (Å²) in [6.07, 6.45) is -0.940. The van der Waals surface area contributed by atoms with E-state index in [0.29, 0.717) is 13.2 Å². The number of phosphoric ester groups is 1. The van der Waals surface area contributed by atoms with E-state index >= 15 is 0 Å². The predicted octanol–water partition coefficient (Wildman–Crippen LogP) is -3.41. The monoisotopic (exact) mass is 224 g/mol. The van der Waals surface area contributed by atoms with Gasteiger partial charge in [-0.15, -0.1) is 0 Å². The predicted molar refractivity (Wildman–Crippen MR) is 34.8 cm³/mol. The first-order valence-electron chi connectivity index (χ1n) is 3.01. The topological polar surface area (TPSA) is 85.2 Å². The minimum Gasteiger partial charge on any atom is -1.00 e. The summed E-state index contributed by atoms with van der Waals surface area (Å²) in [5.74, 6) is 0. The zero-order chi connectivity index (χ0) is 8.32. The molecule has 0 aromatic rings. The van der Waals surface area contributed by atoms with Gasteiger partial charge in [-0.25, -0.2) is 4.57 Å². The van der Waals surface area contributed by atoms with Crippen LogP contribution in [-0.4, -0.2) is 35.9 Å². The molecule has 0 saturated carbocycles. The third kappa shape index (κ3) is 6.17. The third-order valence-corrected chi connectivity index (χ3v) is 1.55. The third-order valence-electron chi connectivity index (χ3n) is 1.04. The SMILES string of the molecule is O=P(O)(O)OC1COCCO1.[H-].[K+]. The van der Waals surface area contributed by atoms with Crippen LogP contribution in [0.3, 0.4) is 0 Å². The smallest absolute Gasteiger partial charge is 1.00 e. The summed E-state index contributed by atoms with van der Waals surface area (Å²) in [6.45, 7) is 0.788. The van der Waals surface area contributed by atoms with Gasteiger partial charge in [0.15, 0.2) is 6.29 Å². The van der Waals surface area contributed by atoms with Crippen molar-refractivity contribution in [1.29, 1.82) is 0 Å². The molecular formula is C4H10KO6P. The molecule has 12 heavy (non-hydrogen) atoms. The van der Waals surface area contributed by atoms with Crippen molar-refractivity contribution in [1.82, 2.24) is 0 Å². The number of hydrogen-bond donors (Lipinski definition) is 2. The zero-order valence-electron chi connectivity index (χ0n) is 7.67. The Morgan fingerprint density at radius 2 is 2.17 bits per heavy atom. The maximum absolute atomic E-state index is 10.2. The van der Waals surface area contributed by atoms with E-state index in [4.69, 9.17) is 19.3 Å². The summed E-state index contributed by atoms with van der Waals surface area (Å²) < 4.78 is 24.1. The Balaban J connectivity index is 0. The fourth-order valence-electron chi connectivity index (χ4n) is 0.680. The summed E-state index contributed by atoms with van der Waals surface area (Å²) in [6, 6.07) is 0. The molecule has 1 heterocycles. The van der Waals surface area contributed by atoms with Crippen molar-refractivity contribution < 1.29 is 81.2 Å². The van der Waals surface area contributed by atoms with Gasteiger partial charge in [-0.2, -0.15) is 0 Å². The molecule has 1 saturated heterocycles. The van der Waals surface area contributed by atoms with Crippen molar-refractivity contribution in [3.8, 4) is 0 Å². The van der Waals surface area contributed by atoms with Gasteiger partial charge in [0.2, 0.25) is 0 Å². The van der Waals surface area contributed by atoms with Crippen LogP contribution in [0.25, 0.3) is 0 Å². The molecule has 1 unspecified atom stereocenters. The molecule has 1 fully saturated rings. The van der Waals surface area contributed by atoms with Crippen LogP contribution in [0.4, 0.5) is 0 Å². The van der Waals surface area contributed by atoms with Gasteiger partial charge in [0, 0.05) is 0 Å². The molecule has 0 aromatic heterocycles. The second kappa shape index (κ2) is 6.21. The van der Waals surface area contributed by atoms with Crippen LogP contribution in [0.1, 0.15) is 1.43 Å². The molecule has 8 heteroatoms. The fraction of sp³-hybridized carbons (Fsp3) is 1.00. The van der Waals surface area contributed by atoms with E-state index < -0.39 is 14.1 Å². The van der Waals surface area contributed by atoms with E-state index in [1.165, 1.54) is 0 Å². The second-order valence-corrected chi connectivity index (χ2v) is 3.16. The molecule has 0 amide bonds. The molecule has 1 aliphatic rings. The van der Waals surface area contributed by atoms with Gasteiger partial charge in [0.05, 0.1) is 19.8 Å². The van der Waals surface area contributed by atoms with E-state index in [9.17, 15) is 4.57 Å². The van der Waals surface area contributed by atoms with Crippen molar-refractivity contribution in [2.24, 2.45) is 0 Å². The van der Waals surface area contributed by atoms with E-state index in [2.05, 4.69) is 4.52 Å². The van der Waals surface area contributed by atoms with Crippen LogP contribution in [0.5, 0.6) is 0 Å². The zero-order valence-corrected chi connectivity index (χ0v) is 10.7. The van der Waals surface area contributed by atoms with Crippen molar-refractivity contribution in [3.05, 3.63) is 0 Å². The molecule has 0 spiro atoms. The second-order valence-electron chi connectivity index (χ2n) is 1.97. The van der Waals surface area contributed by atoms with E-state index in [-0.39, 0.29) is 59.4 Å². The average Bonchev–Trinajstić information content (AvgIpc) is 1.85. The minimum atomic E-state index is -4.44. The van der Waals surface area contributed by atoms with Crippen LogP contribution in [0, 0.1) is 0 Å². The van der Waals surface area contributed by atoms with Gasteiger partial charge in [-0.3, -0.25) is 4.52 Å². The molecule has 1 rings (SSSR count). The van der Waals surface area contributed by atoms with Crippen molar-refractivity contribution in [3.63, 3.8) is 0 Å². The van der Waals surface area contributed by atoms with Crippen LogP contribution >= 0.6 is 7.82 Å². The van der Waals surface area contributed by atoms with Gasteiger partial charge < -0.3 is 20.7 Å². The average molecular weight is 224 g/mol. The Labute approximate surface area is 114 Å². The number of ether oxygens (including phenoxy) is 2. The first-order valence-corrected chi connectivity index (χ1v) is 4.54. The van der Waals surface area contributed by atoms with Crippen molar-refractivity contribution in [2.75, 3.05) is 19.8 Å². The normalized spacial score (nSPS) is 24.7. The first-order chi connectivity index (χ1) is 5.08. The Bertz CT molecular complexity index is 168. The first kappa shape index (κ1) is 13.7. The Hall–Kier alpha value is 1.67. The molecule has 68 valence electrons. The van der Waals surface area contributed by atoms with E-state index in [0.717, 1.165) is 0 Å². The quantitative estimate of drug-likeness (QED) is 0.375. The summed E-state index contributed by atoms with van der Waals surface area (Å²) in [5, 5.41) is 0. The van der Waals surface area contributed by atoms with Crippen LogP contribution in [0.15, 0.2) is 0 Å². The van der Waals surface area contributed by atoms with Crippen LogP contribution in [0.2, 0.25) is 0 Å². The Kier molecular flexibility index (Phi) is 7.07. The van der Waals surface area contributed by atoms with Crippen molar-refractivity contribution >= 4 is 7.82 Å². The molecule has 1 aliphatic heterocycles. The van der Waals surface area contributed by atoms with Crippen LogP contribution in [-0.2, 0) is 18.6 Å². The maximum Gasteiger partial charge on any atom is 1.00 e. The van der Waals surface area contributed by atoms with Crippen LogP contribution < -0.4 is 51.4 Å². The summed E-state index contributed by atoms with van der Waals surface area (Å²) in [5.41, 5.74) is 0. The van der Waals surface area contributed by atoms with Gasteiger partial charge in [-0.05, 0) is 0 Å². The van der Waals surface area contributed by atoms with Gasteiger partial charge >= 0.3 is 59.2 Å². The molecule has 0 aliphatic carbocycles.